The summed E-state index contributed by atoms with van der Waals surface area (Å²) in [6.07, 6.45) is 18.1. The van der Waals surface area contributed by atoms with Crippen LogP contribution >= 0.6 is 0 Å². The van der Waals surface area contributed by atoms with Crippen molar-refractivity contribution in [2.75, 3.05) is 0 Å². The predicted octanol–water partition coefficient (Wildman–Crippen LogP) is 6.23. The van der Waals surface area contributed by atoms with E-state index < -0.39 is 0 Å². The summed E-state index contributed by atoms with van der Waals surface area (Å²) >= 11 is 0. The molecule has 1 nitrogen and oxygen atoms in total. The van der Waals surface area contributed by atoms with E-state index in [-0.39, 0.29) is 6.04 Å². The van der Waals surface area contributed by atoms with Gasteiger partial charge in [-0.15, -0.1) is 6.58 Å². The monoisotopic (exact) mass is 281 g/mol. The Kier molecular flexibility index (Phi) is 12.3. The Bertz CT molecular complexity index is 218. The Balaban J connectivity index is 3.72. The molecule has 1 atom stereocenters. The average molecular weight is 282 g/mol. The first kappa shape index (κ1) is 19.7. The van der Waals surface area contributed by atoms with Crippen molar-refractivity contribution in [1.29, 1.82) is 0 Å². The number of unbranched alkanes of at least 4 members (excludes halogenated alkanes) is 8. The van der Waals surface area contributed by atoms with E-state index >= 15 is 0 Å². The average Bonchev–Trinajstić information content (AvgIpc) is 2.49. The Morgan fingerprint density at radius 2 is 1.30 bits per heavy atom. The van der Waals surface area contributed by atoms with Crippen LogP contribution in [0.3, 0.4) is 0 Å². The van der Waals surface area contributed by atoms with Crippen molar-refractivity contribution in [2.24, 2.45) is 11.1 Å². The van der Waals surface area contributed by atoms with Crippen LogP contribution in [0.5, 0.6) is 0 Å². The maximum absolute atomic E-state index is 6.26. The zero-order chi connectivity index (χ0) is 15.3. The molecule has 0 aromatic carbocycles. The Morgan fingerprint density at radius 3 is 1.70 bits per heavy atom. The van der Waals surface area contributed by atoms with Gasteiger partial charge in [0, 0.05) is 6.04 Å². The summed E-state index contributed by atoms with van der Waals surface area (Å²) in [4.78, 5) is 0. The van der Waals surface area contributed by atoms with Gasteiger partial charge in [0.2, 0.25) is 0 Å². The summed E-state index contributed by atoms with van der Waals surface area (Å²) in [5, 5.41) is 0. The zero-order valence-electron chi connectivity index (χ0n) is 14.4. The van der Waals surface area contributed by atoms with Gasteiger partial charge in [0.1, 0.15) is 0 Å². The van der Waals surface area contributed by atoms with Crippen LogP contribution in [0.25, 0.3) is 0 Å². The predicted molar refractivity (Wildman–Crippen MR) is 93.0 cm³/mol. The fourth-order valence-electron chi connectivity index (χ4n) is 3.28. The summed E-state index contributed by atoms with van der Waals surface area (Å²) in [6, 6.07) is 0.159. The molecule has 0 bridgehead atoms. The second-order valence-electron chi connectivity index (χ2n) is 6.41. The van der Waals surface area contributed by atoms with E-state index in [0.29, 0.717) is 5.41 Å². The van der Waals surface area contributed by atoms with E-state index in [2.05, 4.69) is 27.4 Å². The lowest BCUT2D eigenvalue weighted by atomic mass is 9.72. The summed E-state index contributed by atoms with van der Waals surface area (Å²) in [7, 11) is 0. The highest BCUT2D eigenvalue weighted by molar-refractivity contribution is 4.97. The smallest absolute Gasteiger partial charge is 0.0278 e. The minimum Gasteiger partial charge on any atom is -0.324 e. The third-order valence-electron chi connectivity index (χ3n) is 5.15. The Morgan fingerprint density at radius 1 is 0.850 bits per heavy atom. The molecule has 0 aromatic rings. The summed E-state index contributed by atoms with van der Waals surface area (Å²) < 4.78 is 0. The van der Waals surface area contributed by atoms with Gasteiger partial charge in [0.25, 0.3) is 0 Å². The van der Waals surface area contributed by atoms with Crippen molar-refractivity contribution in [2.45, 2.75) is 104 Å². The third-order valence-corrected chi connectivity index (χ3v) is 5.15. The molecule has 1 unspecified atom stereocenters. The largest absolute Gasteiger partial charge is 0.324 e. The number of rotatable bonds is 14. The topological polar surface area (TPSA) is 26.0 Å². The standard InChI is InChI=1S/C19H39N/c1-5-9-10-11-12-13-14-15-16-17-19(7-3,8-4)18(20)6-2/h6,18H,2,5,7-17,20H2,1,3-4H3. The fourth-order valence-corrected chi connectivity index (χ4v) is 3.28. The molecular weight excluding hydrogens is 242 g/mol. The van der Waals surface area contributed by atoms with Gasteiger partial charge in [-0.2, -0.15) is 0 Å². The molecule has 0 aromatic heterocycles. The molecule has 120 valence electrons. The van der Waals surface area contributed by atoms with Crippen molar-refractivity contribution < 1.29 is 0 Å². The van der Waals surface area contributed by atoms with Gasteiger partial charge in [0.05, 0.1) is 0 Å². The first-order chi connectivity index (χ1) is 9.66. The maximum Gasteiger partial charge on any atom is 0.0278 e. The molecule has 2 N–H and O–H groups in total. The van der Waals surface area contributed by atoms with Gasteiger partial charge in [-0.05, 0) is 24.7 Å². The zero-order valence-corrected chi connectivity index (χ0v) is 14.4. The second kappa shape index (κ2) is 12.4. The van der Waals surface area contributed by atoms with Gasteiger partial charge in [-0.1, -0.05) is 84.6 Å². The Hall–Kier alpha value is -0.300. The first-order valence-electron chi connectivity index (χ1n) is 9.05. The van der Waals surface area contributed by atoms with E-state index in [1.54, 1.807) is 0 Å². The van der Waals surface area contributed by atoms with Crippen molar-refractivity contribution in [3.63, 3.8) is 0 Å². The molecule has 20 heavy (non-hydrogen) atoms. The molecule has 1 heteroatoms. The van der Waals surface area contributed by atoms with Crippen LogP contribution in [-0.2, 0) is 0 Å². The number of nitrogens with two attached hydrogens (primary N) is 1. The maximum atomic E-state index is 6.26. The van der Waals surface area contributed by atoms with Crippen molar-refractivity contribution in [1.82, 2.24) is 0 Å². The van der Waals surface area contributed by atoms with Gasteiger partial charge < -0.3 is 5.73 Å². The molecule has 0 saturated heterocycles. The van der Waals surface area contributed by atoms with Crippen LogP contribution < -0.4 is 5.73 Å². The van der Waals surface area contributed by atoms with Crippen LogP contribution in [0.15, 0.2) is 12.7 Å². The minimum absolute atomic E-state index is 0.159. The highest BCUT2D eigenvalue weighted by Gasteiger charge is 2.30. The summed E-state index contributed by atoms with van der Waals surface area (Å²) in [6.45, 7) is 10.7. The third kappa shape index (κ3) is 7.47. The lowest BCUT2D eigenvalue weighted by Gasteiger charge is -2.36. The molecule has 0 spiro atoms. The molecule has 0 aliphatic carbocycles. The van der Waals surface area contributed by atoms with Gasteiger partial charge >= 0.3 is 0 Å². The molecule has 0 fully saturated rings. The van der Waals surface area contributed by atoms with E-state index in [9.17, 15) is 0 Å². The van der Waals surface area contributed by atoms with Crippen LogP contribution in [0.2, 0.25) is 0 Å². The summed E-state index contributed by atoms with van der Waals surface area (Å²) in [5.74, 6) is 0. The second-order valence-corrected chi connectivity index (χ2v) is 6.41. The molecule has 0 rings (SSSR count). The van der Waals surface area contributed by atoms with Crippen molar-refractivity contribution in [3.8, 4) is 0 Å². The Labute approximate surface area is 128 Å². The van der Waals surface area contributed by atoms with Crippen LogP contribution in [0.4, 0.5) is 0 Å². The van der Waals surface area contributed by atoms with E-state index in [1.807, 2.05) is 6.08 Å². The van der Waals surface area contributed by atoms with Gasteiger partial charge in [-0.3, -0.25) is 0 Å². The lowest BCUT2D eigenvalue weighted by Crippen LogP contribution is -2.39. The molecule has 0 amide bonds. The first-order valence-corrected chi connectivity index (χ1v) is 9.05. The van der Waals surface area contributed by atoms with E-state index in [0.717, 1.165) is 0 Å². The van der Waals surface area contributed by atoms with E-state index in [4.69, 9.17) is 5.73 Å². The number of hydrogen-bond acceptors (Lipinski definition) is 1. The minimum atomic E-state index is 0.159. The molecule has 0 heterocycles. The summed E-state index contributed by atoms with van der Waals surface area (Å²) in [5.41, 5.74) is 6.56. The quantitative estimate of drug-likeness (QED) is 0.296. The van der Waals surface area contributed by atoms with Gasteiger partial charge in [0.15, 0.2) is 0 Å². The molecular formula is C19H39N. The van der Waals surface area contributed by atoms with E-state index in [1.165, 1.54) is 77.0 Å². The lowest BCUT2D eigenvalue weighted by molar-refractivity contribution is 0.203. The van der Waals surface area contributed by atoms with Gasteiger partial charge in [-0.25, -0.2) is 0 Å². The van der Waals surface area contributed by atoms with Crippen LogP contribution in [0, 0.1) is 5.41 Å². The van der Waals surface area contributed by atoms with Crippen molar-refractivity contribution >= 4 is 0 Å². The number of hydrogen-bond donors (Lipinski definition) is 1. The normalized spacial score (nSPS) is 13.4. The van der Waals surface area contributed by atoms with Crippen LogP contribution in [0.1, 0.15) is 97.8 Å². The van der Waals surface area contributed by atoms with Crippen molar-refractivity contribution in [3.05, 3.63) is 12.7 Å². The highest BCUT2D eigenvalue weighted by Crippen LogP contribution is 2.36. The molecule has 0 saturated carbocycles. The SMILES string of the molecule is C=CC(N)C(CC)(CC)CCCCCCCCCCC. The van der Waals surface area contributed by atoms with Crippen LogP contribution in [-0.4, -0.2) is 6.04 Å². The molecule has 0 radical (unpaired) electrons. The molecule has 0 aliphatic rings. The molecule has 0 aliphatic heterocycles. The fraction of sp³-hybridized carbons (Fsp3) is 0.895. The highest BCUT2D eigenvalue weighted by atomic mass is 14.7.